The summed E-state index contributed by atoms with van der Waals surface area (Å²) in [4.78, 5) is 2.11. The highest BCUT2D eigenvalue weighted by Crippen LogP contribution is 2.23. The monoisotopic (exact) mass is 341 g/mol. The molecule has 1 unspecified atom stereocenters. The normalized spacial score (nSPS) is 22.6. The molecule has 1 aromatic rings. The smallest absolute Gasteiger partial charge is 0.131 e. The van der Waals surface area contributed by atoms with Crippen molar-refractivity contribution in [1.82, 2.24) is 4.90 Å². The molecule has 1 atom stereocenters. The first-order valence-electron chi connectivity index (χ1n) is 8.70. The molecule has 1 aromatic carbocycles. The zero-order valence-corrected chi connectivity index (χ0v) is 13.8. The molecule has 0 aromatic heterocycles. The van der Waals surface area contributed by atoms with Crippen molar-refractivity contribution in [2.45, 2.75) is 44.0 Å². The third-order valence-electron chi connectivity index (χ3n) is 4.84. The van der Waals surface area contributed by atoms with Crippen LogP contribution in [0.3, 0.4) is 0 Å². The molecule has 2 saturated heterocycles. The van der Waals surface area contributed by atoms with Crippen LogP contribution in [0.4, 0.5) is 8.78 Å². The number of piperidine rings is 1. The fourth-order valence-electron chi connectivity index (χ4n) is 3.43. The first-order valence-corrected chi connectivity index (χ1v) is 8.70. The Morgan fingerprint density at radius 3 is 2.46 bits per heavy atom. The van der Waals surface area contributed by atoms with Crippen molar-refractivity contribution in [3.63, 3.8) is 0 Å². The number of nitrogens with zero attached hydrogens (tertiary/aromatic N) is 1. The van der Waals surface area contributed by atoms with Gasteiger partial charge in [0, 0.05) is 44.5 Å². The molecular formula is C18H25F2NO3. The molecule has 2 aliphatic heterocycles. The highest BCUT2D eigenvalue weighted by molar-refractivity contribution is 5.21. The summed E-state index contributed by atoms with van der Waals surface area (Å²) in [6.45, 7) is 3.53. The molecular weight excluding hydrogens is 316 g/mol. The van der Waals surface area contributed by atoms with E-state index in [1.54, 1.807) is 0 Å². The Kier molecular flexibility index (Phi) is 6.16. The van der Waals surface area contributed by atoms with Crippen molar-refractivity contribution < 1.29 is 23.4 Å². The predicted octanol–water partition coefficient (Wildman–Crippen LogP) is 2.66. The van der Waals surface area contributed by atoms with E-state index in [1.807, 2.05) is 0 Å². The number of hydrogen-bond donors (Lipinski definition) is 1. The molecule has 2 heterocycles. The van der Waals surface area contributed by atoms with E-state index in [1.165, 1.54) is 12.1 Å². The first-order chi connectivity index (χ1) is 11.6. The lowest BCUT2D eigenvalue weighted by Gasteiger charge is -2.35. The van der Waals surface area contributed by atoms with Gasteiger partial charge in [-0.05, 0) is 31.7 Å². The molecule has 2 fully saturated rings. The summed E-state index contributed by atoms with van der Waals surface area (Å²) in [5.74, 6) is -1.32. The Hall–Kier alpha value is -1.08. The zero-order valence-electron chi connectivity index (χ0n) is 13.8. The van der Waals surface area contributed by atoms with Gasteiger partial charge in [-0.1, -0.05) is 6.07 Å². The van der Waals surface area contributed by atoms with E-state index in [4.69, 9.17) is 9.47 Å². The molecule has 0 bridgehead atoms. The van der Waals surface area contributed by atoms with Gasteiger partial charge in [-0.25, -0.2) is 8.78 Å². The first kappa shape index (κ1) is 17.7. The highest BCUT2D eigenvalue weighted by Gasteiger charge is 2.26. The second kappa shape index (κ2) is 8.34. The lowest BCUT2D eigenvalue weighted by atomic mass is 10.0. The summed E-state index contributed by atoms with van der Waals surface area (Å²) in [5.41, 5.74) is 0.150. The number of ether oxygens (including phenoxy) is 2. The van der Waals surface area contributed by atoms with Crippen LogP contribution in [0.5, 0.6) is 0 Å². The van der Waals surface area contributed by atoms with Crippen LogP contribution in [0.2, 0.25) is 0 Å². The molecule has 134 valence electrons. The fraction of sp³-hybridized carbons (Fsp3) is 0.667. The number of likely N-dealkylation sites (tertiary alicyclic amines) is 1. The lowest BCUT2D eigenvalue weighted by Crippen LogP contribution is -2.41. The Morgan fingerprint density at radius 1 is 1.12 bits per heavy atom. The number of aliphatic hydroxyl groups is 1. The molecule has 4 nitrogen and oxygen atoms in total. The van der Waals surface area contributed by atoms with Gasteiger partial charge in [0.25, 0.3) is 0 Å². The van der Waals surface area contributed by atoms with Gasteiger partial charge in [0.05, 0.1) is 18.3 Å². The third kappa shape index (κ3) is 4.72. The Bertz CT molecular complexity index is 529. The van der Waals surface area contributed by atoms with Crippen molar-refractivity contribution in [3.05, 3.63) is 35.4 Å². The minimum atomic E-state index is -0.946. The van der Waals surface area contributed by atoms with Crippen LogP contribution < -0.4 is 0 Å². The van der Waals surface area contributed by atoms with E-state index in [-0.39, 0.29) is 11.7 Å². The van der Waals surface area contributed by atoms with Gasteiger partial charge in [-0.2, -0.15) is 0 Å². The summed E-state index contributed by atoms with van der Waals surface area (Å²) in [7, 11) is 0. The van der Waals surface area contributed by atoms with Gasteiger partial charge >= 0.3 is 0 Å². The quantitative estimate of drug-likeness (QED) is 0.894. The number of aliphatic hydroxyl groups excluding tert-OH is 1. The molecule has 3 rings (SSSR count). The van der Waals surface area contributed by atoms with E-state index in [0.29, 0.717) is 12.6 Å². The average molecular weight is 341 g/mol. The summed E-state index contributed by atoms with van der Waals surface area (Å²) < 4.78 is 38.2. The number of β-amino-alcohol motifs (C(OH)–C–C–N with tert-alkyl or cyclic N) is 1. The van der Waals surface area contributed by atoms with E-state index in [0.717, 1.165) is 58.1 Å². The second-order valence-electron chi connectivity index (χ2n) is 6.63. The topological polar surface area (TPSA) is 41.9 Å². The molecule has 0 amide bonds. The van der Waals surface area contributed by atoms with E-state index >= 15 is 0 Å². The molecule has 0 spiro atoms. The molecule has 6 heteroatoms. The maximum atomic E-state index is 13.7. The van der Waals surface area contributed by atoms with Crippen LogP contribution in [-0.4, -0.2) is 55.1 Å². The van der Waals surface area contributed by atoms with Crippen molar-refractivity contribution in [2.24, 2.45) is 0 Å². The molecule has 0 saturated carbocycles. The Balaban J connectivity index is 1.44. The minimum Gasteiger partial charge on any atom is -0.387 e. The van der Waals surface area contributed by atoms with Crippen molar-refractivity contribution >= 4 is 0 Å². The summed E-state index contributed by atoms with van der Waals surface area (Å²) >= 11 is 0. The molecule has 24 heavy (non-hydrogen) atoms. The number of halogens is 2. The van der Waals surface area contributed by atoms with Gasteiger partial charge < -0.3 is 19.5 Å². The van der Waals surface area contributed by atoms with Crippen LogP contribution in [0.25, 0.3) is 0 Å². The van der Waals surface area contributed by atoms with Crippen LogP contribution >= 0.6 is 0 Å². The summed E-state index contributed by atoms with van der Waals surface area (Å²) in [6.07, 6.45) is 3.36. The standard InChI is InChI=1S/C18H25F2NO3/c19-13-1-2-16(17(20)11-13)18(22)12-21-7-3-14(4-8-21)24-15-5-9-23-10-6-15/h1-2,11,14-15,18,22H,3-10,12H2. The van der Waals surface area contributed by atoms with Crippen LogP contribution in [-0.2, 0) is 9.47 Å². The maximum absolute atomic E-state index is 13.7. The molecule has 0 aliphatic carbocycles. The summed E-state index contributed by atoms with van der Waals surface area (Å²) in [6, 6.07) is 3.30. The van der Waals surface area contributed by atoms with E-state index in [2.05, 4.69) is 4.90 Å². The lowest BCUT2D eigenvalue weighted by molar-refractivity contribution is -0.0865. The van der Waals surface area contributed by atoms with Gasteiger partial charge in [0.15, 0.2) is 0 Å². The zero-order chi connectivity index (χ0) is 16.9. The molecule has 2 aliphatic rings. The number of benzene rings is 1. The number of hydrogen-bond acceptors (Lipinski definition) is 4. The van der Waals surface area contributed by atoms with Gasteiger partial charge in [-0.15, -0.1) is 0 Å². The van der Waals surface area contributed by atoms with Gasteiger partial charge in [-0.3, -0.25) is 0 Å². The molecule has 1 N–H and O–H groups in total. The highest BCUT2D eigenvalue weighted by atomic mass is 19.1. The Labute approximate surface area is 141 Å². The van der Waals surface area contributed by atoms with Crippen molar-refractivity contribution in [1.29, 1.82) is 0 Å². The second-order valence-corrected chi connectivity index (χ2v) is 6.63. The average Bonchev–Trinajstić information content (AvgIpc) is 2.57. The maximum Gasteiger partial charge on any atom is 0.131 e. The van der Waals surface area contributed by atoms with E-state index < -0.39 is 17.7 Å². The van der Waals surface area contributed by atoms with Gasteiger partial charge in [0.2, 0.25) is 0 Å². The largest absolute Gasteiger partial charge is 0.387 e. The van der Waals surface area contributed by atoms with Crippen molar-refractivity contribution in [3.8, 4) is 0 Å². The molecule has 0 radical (unpaired) electrons. The van der Waals surface area contributed by atoms with Crippen LogP contribution in [0, 0.1) is 11.6 Å². The number of rotatable bonds is 5. The third-order valence-corrected chi connectivity index (χ3v) is 4.84. The predicted molar refractivity (Wildman–Crippen MR) is 85.7 cm³/mol. The van der Waals surface area contributed by atoms with Crippen LogP contribution in [0.1, 0.15) is 37.4 Å². The van der Waals surface area contributed by atoms with Crippen LogP contribution in [0.15, 0.2) is 18.2 Å². The van der Waals surface area contributed by atoms with Crippen molar-refractivity contribution in [2.75, 3.05) is 32.8 Å². The summed E-state index contributed by atoms with van der Waals surface area (Å²) in [5, 5.41) is 10.2. The van der Waals surface area contributed by atoms with E-state index in [9.17, 15) is 13.9 Å². The Morgan fingerprint density at radius 2 is 1.79 bits per heavy atom. The minimum absolute atomic E-state index is 0.150. The fourth-order valence-corrected chi connectivity index (χ4v) is 3.43. The van der Waals surface area contributed by atoms with Gasteiger partial charge in [0.1, 0.15) is 11.6 Å². The SMILES string of the molecule is OC(CN1CCC(OC2CCOCC2)CC1)c1ccc(F)cc1F.